The van der Waals surface area contributed by atoms with Gasteiger partial charge in [-0.15, -0.1) is 13.2 Å². The second-order valence-corrected chi connectivity index (χ2v) is 9.39. The van der Waals surface area contributed by atoms with E-state index in [2.05, 4.69) is 23.6 Å². The first-order valence-corrected chi connectivity index (χ1v) is 11.7. The molecule has 0 heterocycles. The maximum Gasteiger partial charge on any atom is 0.573 e. The zero-order valence-electron chi connectivity index (χ0n) is 21.7. The van der Waals surface area contributed by atoms with Crippen molar-refractivity contribution in [2.45, 2.75) is 66.5 Å². The van der Waals surface area contributed by atoms with Gasteiger partial charge in [-0.3, -0.25) is 0 Å². The molecule has 0 fully saturated rings. The number of ether oxygens (including phenoxy) is 2. The van der Waals surface area contributed by atoms with Gasteiger partial charge in [0.05, 0.1) is 0 Å². The van der Waals surface area contributed by atoms with Gasteiger partial charge in [0.15, 0.2) is 0 Å². The van der Waals surface area contributed by atoms with Crippen LogP contribution in [0.1, 0.15) is 63.3 Å². The summed E-state index contributed by atoms with van der Waals surface area (Å²) in [5, 5.41) is 2.78. The predicted molar refractivity (Wildman–Crippen MR) is 140 cm³/mol. The Morgan fingerprint density at radius 2 is 1.75 bits per heavy atom. The van der Waals surface area contributed by atoms with Crippen LogP contribution in [-0.2, 0) is 11.3 Å². The Bertz CT molecular complexity index is 1140. The normalized spacial score (nSPS) is 12.5. The van der Waals surface area contributed by atoms with Crippen molar-refractivity contribution in [3.8, 4) is 16.9 Å². The average molecular weight is 502 g/mol. The number of hydrogen-bond acceptors (Lipinski definition) is 3. The van der Waals surface area contributed by atoms with Gasteiger partial charge in [0.1, 0.15) is 11.4 Å². The molecule has 0 aromatic heterocycles. The number of rotatable bonds is 8. The molecule has 0 saturated heterocycles. The van der Waals surface area contributed by atoms with Gasteiger partial charge in [-0.2, -0.15) is 0 Å². The van der Waals surface area contributed by atoms with Crippen LogP contribution < -0.4 is 10.1 Å². The molecule has 0 spiro atoms. The SMILES string of the molecule is C=Cc1c(CNC(=O)OC(C)(C)C)cc(-c2ccc(OC(F)(F)F)cc2)c(C)c1/C=C\C=C(/C)CC. The first-order valence-electron chi connectivity index (χ1n) is 11.7. The molecular weight excluding hydrogens is 467 g/mol. The molecule has 0 aliphatic rings. The number of allylic oxidation sites excluding steroid dienone is 3. The van der Waals surface area contributed by atoms with E-state index in [0.29, 0.717) is 5.56 Å². The summed E-state index contributed by atoms with van der Waals surface area (Å²) in [6.07, 6.45) is 3.32. The molecule has 194 valence electrons. The molecule has 36 heavy (non-hydrogen) atoms. The molecule has 0 aliphatic carbocycles. The van der Waals surface area contributed by atoms with Crippen LogP contribution in [0.3, 0.4) is 0 Å². The number of halogens is 3. The molecule has 0 bridgehead atoms. The number of benzene rings is 2. The van der Waals surface area contributed by atoms with Crippen LogP contribution in [0.2, 0.25) is 0 Å². The molecule has 0 atom stereocenters. The van der Waals surface area contributed by atoms with E-state index in [4.69, 9.17) is 4.74 Å². The van der Waals surface area contributed by atoms with Gasteiger partial charge in [-0.1, -0.05) is 55.5 Å². The van der Waals surface area contributed by atoms with Crippen molar-refractivity contribution >= 4 is 18.2 Å². The monoisotopic (exact) mass is 501 g/mol. The lowest BCUT2D eigenvalue weighted by Crippen LogP contribution is -2.32. The van der Waals surface area contributed by atoms with Crippen molar-refractivity contribution in [1.82, 2.24) is 5.32 Å². The van der Waals surface area contributed by atoms with Gasteiger partial charge in [-0.25, -0.2) is 4.79 Å². The minimum Gasteiger partial charge on any atom is -0.444 e. The van der Waals surface area contributed by atoms with E-state index in [9.17, 15) is 18.0 Å². The fourth-order valence-electron chi connectivity index (χ4n) is 3.53. The van der Waals surface area contributed by atoms with Gasteiger partial charge in [-0.05, 0) is 92.6 Å². The Morgan fingerprint density at radius 1 is 1.11 bits per heavy atom. The third-order valence-corrected chi connectivity index (χ3v) is 5.39. The smallest absolute Gasteiger partial charge is 0.444 e. The maximum atomic E-state index is 12.6. The quantitative estimate of drug-likeness (QED) is 0.369. The van der Waals surface area contributed by atoms with Gasteiger partial charge >= 0.3 is 12.5 Å². The highest BCUT2D eigenvalue weighted by molar-refractivity contribution is 5.80. The van der Waals surface area contributed by atoms with Crippen molar-refractivity contribution in [3.63, 3.8) is 0 Å². The van der Waals surface area contributed by atoms with Crippen LogP contribution in [0, 0.1) is 6.92 Å². The Balaban J connectivity index is 2.56. The Kier molecular flexibility index (Phi) is 9.56. The van der Waals surface area contributed by atoms with Crippen molar-refractivity contribution in [1.29, 1.82) is 0 Å². The fourth-order valence-corrected chi connectivity index (χ4v) is 3.53. The second-order valence-electron chi connectivity index (χ2n) is 9.39. The number of carbonyl (C=O) groups is 1. The molecule has 1 N–H and O–H groups in total. The van der Waals surface area contributed by atoms with Crippen molar-refractivity contribution < 1.29 is 27.4 Å². The summed E-state index contributed by atoms with van der Waals surface area (Å²) >= 11 is 0. The predicted octanol–water partition coefficient (Wildman–Crippen LogP) is 8.60. The third-order valence-electron chi connectivity index (χ3n) is 5.39. The zero-order valence-corrected chi connectivity index (χ0v) is 21.7. The number of alkyl carbamates (subject to hydrolysis) is 1. The molecular formula is C29H34F3NO3. The maximum absolute atomic E-state index is 12.6. The van der Waals surface area contributed by atoms with Crippen LogP contribution in [0.25, 0.3) is 23.3 Å². The average Bonchev–Trinajstić information content (AvgIpc) is 2.77. The zero-order chi connectivity index (χ0) is 27.1. The van der Waals surface area contributed by atoms with Crippen LogP contribution in [0.15, 0.2) is 54.6 Å². The molecule has 2 aromatic rings. The van der Waals surface area contributed by atoms with Gasteiger partial charge in [0.25, 0.3) is 0 Å². The van der Waals surface area contributed by atoms with Crippen molar-refractivity contribution in [2.75, 3.05) is 0 Å². The summed E-state index contributed by atoms with van der Waals surface area (Å²) in [4.78, 5) is 12.3. The highest BCUT2D eigenvalue weighted by Gasteiger charge is 2.31. The molecule has 7 heteroatoms. The first kappa shape index (κ1) is 28.8. The number of hydrogen-bond donors (Lipinski definition) is 1. The van der Waals surface area contributed by atoms with E-state index in [1.54, 1.807) is 39.0 Å². The standard InChI is InChI=1S/C29H34F3NO3/c1-8-19(3)11-10-12-25-20(4)26(21-13-15-23(16-14-21)35-29(30,31)32)17-22(24(25)9-2)18-33-27(34)36-28(5,6)7/h9-17H,2,8,18H2,1,3-7H3,(H,33,34)/b12-10-,19-11+. The third kappa shape index (κ3) is 8.63. The Morgan fingerprint density at radius 3 is 2.28 bits per heavy atom. The summed E-state index contributed by atoms with van der Waals surface area (Å²) in [5.74, 6) is -0.293. The number of nitrogens with one attached hydrogen (secondary N) is 1. The van der Waals surface area contributed by atoms with E-state index >= 15 is 0 Å². The Hall–Kier alpha value is -3.48. The highest BCUT2D eigenvalue weighted by Crippen LogP contribution is 2.34. The molecule has 0 radical (unpaired) electrons. The van der Waals surface area contributed by atoms with Crippen LogP contribution in [0.5, 0.6) is 5.75 Å². The first-order chi connectivity index (χ1) is 16.7. The molecule has 0 aliphatic heterocycles. The van der Waals surface area contributed by atoms with Crippen molar-refractivity contribution in [2.24, 2.45) is 0 Å². The number of alkyl halides is 3. The van der Waals surface area contributed by atoms with E-state index < -0.39 is 18.1 Å². The number of carbonyl (C=O) groups excluding carboxylic acids is 1. The van der Waals surface area contributed by atoms with Gasteiger partial charge < -0.3 is 14.8 Å². The molecule has 4 nitrogen and oxygen atoms in total. The number of amides is 1. The largest absolute Gasteiger partial charge is 0.573 e. The minimum absolute atomic E-state index is 0.184. The summed E-state index contributed by atoms with van der Waals surface area (Å²) in [6, 6.07) is 7.64. The van der Waals surface area contributed by atoms with Crippen LogP contribution >= 0.6 is 0 Å². The lowest BCUT2D eigenvalue weighted by molar-refractivity contribution is -0.274. The fraction of sp³-hybridized carbons (Fsp3) is 0.345. The van der Waals surface area contributed by atoms with Gasteiger partial charge in [0, 0.05) is 6.54 Å². The van der Waals surface area contributed by atoms with E-state index in [1.165, 1.54) is 17.7 Å². The molecule has 2 rings (SSSR count). The lowest BCUT2D eigenvalue weighted by Gasteiger charge is -2.21. The van der Waals surface area contributed by atoms with E-state index in [-0.39, 0.29) is 12.3 Å². The second kappa shape index (κ2) is 12.0. The summed E-state index contributed by atoms with van der Waals surface area (Å²) < 4.78 is 47.1. The molecule has 0 unspecified atom stereocenters. The van der Waals surface area contributed by atoms with Crippen LogP contribution in [-0.4, -0.2) is 18.1 Å². The topological polar surface area (TPSA) is 47.6 Å². The Labute approximate surface area is 211 Å². The van der Waals surface area contributed by atoms with Crippen LogP contribution in [0.4, 0.5) is 18.0 Å². The molecule has 2 aromatic carbocycles. The minimum atomic E-state index is -4.76. The summed E-state index contributed by atoms with van der Waals surface area (Å²) in [5.41, 5.74) is 5.58. The molecule has 0 saturated carbocycles. The highest BCUT2D eigenvalue weighted by atomic mass is 19.4. The lowest BCUT2D eigenvalue weighted by atomic mass is 9.88. The summed E-state index contributed by atoms with van der Waals surface area (Å²) in [6.45, 7) is 15.6. The van der Waals surface area contributed by atoms with Crippen molar-refractivity contribution in [3.05, 3.63) is 76.9 Å². The molecule has 1 amide bonds. The summed E-state index contributed by atoms with van der Waals surface area (Å²) in [7, 11) is 0. The van der Waals surface area contributed by atoms with Gasteiger partial charge in [0.2, 0.25) is 0 Å². The van der Waals surface area contributed by atoms with E-state index in [0.717, 1.165) is 34.2 Å². The van der Waals surface area contributed by atoms with E-state index in [1.807, 2.05) is 38.1 Å².